The summed E-state index contributed by atoms with van der Waals surface area (Å²) < 4.78 is 16.7. The van der Waals surface area contributed by atoms with Gasteiger partial charge in [-0.25, -0.2) is 4.79 Å². The van der Waals surface area contributed by atoms with Crippen LogP contribution in [-0.4, -0.2) is 61.1 Å². The molecule has 29 heavy (non-hydrogen) atoms. The number of aromatic nitrogens is 5. The van der Waals surface area contributed by atoms with Crippen molar-refractivity contribution in [1.82, 2.24) is 30.2 Å². The van der Waals surface area contributed by atoms with Crippen LogP contribution in [-0.2, 0) is 4.74 Å². The normalized spacial score (nSPS) is 16.8. The highest BCUT2D eigenvalue weighted by atomic mass is 16.6. The number of carbonyl (C=O) groups excluding carboxylic acids is 1. The molecule has 0 aromatic carbocycles. The number of likely N-dealkylation sites (tertiary alicyclic amines) is 1. The maximum absolute atomic E-state index is 12.2. The molecular weight excluding hydrogens is 376 g/mol. The molecule has 1 unspecified atom stereocenters. The van der Waals surface area contributed by atoms with Crippen LogP contribution < -0.4 is 4.74 Å². The summed E-state index contributed by atoms with van der Waals surface area (Å²) in [6.45, 7) is 6.62. The van der Waals surface area contributed by atoms with Crippen LogP contribution in [0.15, 0.2) is 35.1 Å². The van der Waals surface area contributed by atoms with Crippen molar-refractivity contribution in [2.45, 2.75) is 38.9 Å². The fraction of sp³-hybridized carbons (Fsp3) is 0.421. The van der Waals surface area contributed by atoms with Crippen LogP contribution in [0.2, 0.25) is 0 Å². The average Bonchev–Trinajstić information content (AvgIpc) is 3.41. The first-order valence-electron chi connectivity index (χ1n) is 9.32. The summed E-state index contributed by atoms with van der Waals surface area (Å²) in [5.74, 6) is 1.30. The Bertz CT molecular complexity index is 979. The second-order valence-electron chi connectivity index (χ2n) is 7.73. The number of nitrogens with one attached hydrogen (secondary N) is 1. The fourth-order valence-corrected chi connectivity index (χ4v) is 2.93. The molecule has 0 bridgehead atoms. The molecule has 4 rings (SSSR count). The lowest BCUT2D eigenvalue weighted by Crippen LogP contribution is -2.36. The summed E-state index contributed by atoms with van der Waals surface area (Å²) in [6.07, 6.45) is 3.51. The first kappa shape index (κ1) is 18.9. The van der Waals surface area contributed by atoms with Gasteiger partial charge in [0.2, 0.25) is 5.82 Å². The molecular formula is C19H22N6O4. The molecule has 1 saturated heterocycles. The third-order valence-electron chi connectivity index (χ3n) is 4.22. The Labute approximate surface area is 167 Å². The molecule has 0 spiro atoms. The molecule has 1 N–H and O–H groups in total. The number of nitrogens with zero attached hydrogens (tertiary/aromatic N) is 5. The van der Waals surface area contributed by atoms with Crippen molar-refractivity contribution in [3.05, 3.63) is 30.6 Å². The standard InChI is InChI=1S/C19H22N6O4/c1-19(2,3)28-18(26)25-9-6-13(11-25)27-12-4-7-20-15(10-12)16-22-17(29-24-16)14-5-8-21-23-14/h4-5,7-8,10,13H,6,9,11H2,1-3H3,(H,21,23). The molecule has 4 heterocycles. The fourth-order valence-electron chi connectivity index (χ4n) is 2.93. The van der Waals surface area contributed by atoms with Crippen LogP contribution in [0.1, 0.15) is 27.2 Å². The summed E-state index contributed by atoms with van der Waals surface area (Å²) in [4.78, 5) is 22.5. The Kier molecular flexibility index (Phi) is 4.91. The number of ether oxygens (including phenoxy) is 2. The van der Waals surface area contributed by atoms with Gasteiger partial charge >= 0.3 is 6.09 Å². The second kappa shape index (κ2) is 7.53. The van der Waals surface area contributed by atoms with Crippen LogP contribution in [0.4, 0.5) is 4.79 Å². The number of rotatable bonds is 4. The highest BCUT2D eigenvalue weighted by Gasteiger charge is 2.31. The summed E-state index contributed by atoms with van der Waals surface area (Å²) in [5, 5.41) is 10.6. The number of pyridine rings is 1. The Balaban J connectivity index is 1.40. The maximum Gasteiger partial charge on any atom is 0.410 e. The third kappa shape index (κ3) is 4.53. The zero-order valence-corrected chi connectivity index (χ0v) is 16.5. The SMILES string of the molecule is CC(C)(C)OC(=O)N1CCC(Oc2ccnc(-c3noc(-c4ccn[nH]4)n3)c2)C1. The lowest BCUT2D eigenvalue weighted by molar-refractivity contribution is 0.0275. The first-order valence-corrected chi connectivity index (χ1v) is 9.32. The Morgan fingerprint density at radius 3 is 2.93 bits per heavy atom. The van der Waals surface area contributed by atoms with Crippen molar-refractivity contribution < 1.29 is 18.8 Å². The van der Waals surface area contributed by atoms with Crippen LogP contribution >= 0.6 is 0 Å². The third-order valence-corrected chi connectivity index (χ3v) is 4.22. The molecule has 0 aliphatic carbocycles. The van der Waals surface area contributed by atoms with Gasteiger partial charge in [0.25, 0.3) is 5.89 Å². The summed E-state index contributed by atoms with van der Waals surface area (Å²) in [7, 11) is 0. The molecule has 10 heteroatoms. The van der Waals surface area contributed by atoms with Gasteiger partial charge in [-0.2, -0.15) is 10.1 Å². The molecule has 1 fully saturated rings. The van der Waals surface area contributed by atoms with Gasteiger partial charge < -0.3 is 18.9 Å². The molecule has 0 radical (unpaired) electrons. The van der Waals surface area contributed by atoms with Crippen molar-refractivity contribution in [2.75, 3.05) is 13.1 Å². The molecule has 1 aliphatic heterocycles. The van der Waals surface area contributed by atoms with Gasteiger partial charge in [0.05, 0.1) is 6.54 Å². The zero-order valence-electron chi connectivity index (χ0n) is 16.5. The van der Waals surface area contributed by atoms with Crippen LogP contribution in [0.3, 0.4) is 0 Å². The summed E-state index contributed by atoms with van der Waals surface area (Å²) in [5.41, 5.74) is 0.638. The zero-order chi connectivity index (χ0) is 20.4. The molecule has 1 amide bonds. The van der Waals surface area contributed by atoms with Crippen LogP contribution in [0.25, 0.3) is 23.1 Å². The number of aromatic amines is 1. The van der Waals surface area contributed by atoms with Gasteiger partial charge in [0, 0.05) is 31.4 Å². The predicted molar refractivity (Wildman–Crippen MR) is 102 cm³/mol. The van der Waals surface area contributed by atoms with E-state index in [9.17, 15) is 4.79 Å². The summed E-state index contributed by atoms with van der Waals surface area (Å²) >= 11 is 0. The van der Waals surface area contributed by atoms with Gasteiger partial charge in [0.1, 0.15) is 28.8 Å². The smallest absolute Gasteiger partial charge is 0.410 e. The highest BCUT2D eigenvalue weighted by Crippen LogP contribution is 2.24. The molecule has 3 aromatic rings. The van der Waals surface area contributed by atoms with Crippen molar-refractivity contribution in [1.29, 1.82) is 0 Å². The van der Waals surface area contributed by atoms with Crippen molar-refractivity contribution in [3.8, 4) is 28.9 Å². The second-order valence-corrected chi connectivity index (χ2v) is 7.73. The minimum absolute atomic E-state index is 0.122. The molecule has 0 saturated carbocycles. The van der Waals surface area contributed by atoms with E-state index in [1.165, 1.54) is 0 Å². The van der Waals surface area contributed by atoms with E-state index in [0.717, 1.165) is 6.42 Å². The van der Waals surface area contributed by atoms with Crippen molar-refractivity contribution in [3.63, 3.8) is 0 Å². The monoisotopic (exact) mass is 398 g/mol. The molecule has 152 valence electrons. The Morgan fingerprint density at radius 1 is 1.31 bits per heavy atom. The number of H-pyrrole nitrogens is 1. The molecule has 3 aromatic heterocycles. The number of carbonyl (C=O) groups is 1. The van der Waals surface area contributed by atoms with E-state index >= 15 is 0 Å². The largest absolute Gasteiger partial charge is 0.488 e. The van der Waals surface area contributed by atoms with E-state index in [4.69, 9.17) is 14.0 Å². The van der Waals surface area contributed by atoms with Crippen LogP contribution in [0, 0.1) is 0 Å². The van der Waals surface area contributed by atoms with Crippen molar-refractivity contribution >= 4 is 6.09 Å². The predicted octanol–water partition coefficient (Wildman–Crippen LogP) is 2.91. The number of hydrogen-bond donors (Lipinski definition) is 1. The summed E-state index contributed by atoms with van der Waals surface area (Å²) in [6, 6.07) is 5.24. The Morgan fingerprint density at radius 2 is 2.17 bits per heavy atom. The minimum atomic E-state index is -0.518. The van der Waals surface area contributed by atoms with E-state index in [-0.39, 0.29) is 12.2 Å². The first-order chi connectivity index (χ1) is 13.9. The van der Waals surface area contributed by atoms with E-state index in [0.29, 0.717) is 41.9 Å². The lowest BCUT2D eigenvalue weighted by atomic mass is 10.2. The number of amides is 1. The van der Waals surface area contributed by atoms with E-state index in [1.54, 1.807) is 35.5 Å². The van der Waals surface area contributed by atoms with Gasteiger partial charge in [-0.05, 0) is 32.9 Å². The van der Waals surface area contributed by atoms with Gasteiger partial charge in [0.15, 0.2) is 0 Å². The minimum Gasteiger partial charge on any atom is -0.488 e. The van der Waals surface area contributed by atoms with Gasteiger partial charge in [-0.15, -0.1) is 0 Å². The quantitative estimate of drug-likeness (QED) is 0.712. The van der Waals surface area contributed by atoms with Crippen LogP contribution in [0.5, 0.6) is 5.75 Å². The van der Waals surface area contributed by atoms with Gasteiger partial charge in [-0.1, -0.05) is 5.16 Å². The molecule has 1 atom stereocenters. The average molecular weight is 398 g/mol. The Hall–Kier alpha value is -3.43. The topological polar surface area (TPSA) is 119 Å². The molecule has 1 aliphatic rings. The highest BCUT2D eigenvalue weighted by molar-refractivity contribution is 5.68. The number of hydrogen-bond acceptors (Lipinski definition) is 8. The molecule has 10 nitrogen and oxygen atoms in total. The van der Waals surface area contributed by atoms with Gasteiger partial charge in [-0.3, -0.25) is 10.1 Å². The lowest BCUT2D eigenvalue weighted by Gasteiger charge is -2.24. The van der Waals surface area contributed by atoms with E-state index in [2.05, 4.69) is 25.3 Å². The van der Waals surface area contributed by atoms with E-state index < -0.39 is 5.60 Å². The maximum atomic E-state index is 12.2. The van der Waals surface area contributed by atoms with E-state index in [1.807, 2.05) is 20.8 Å². The van der Waals surface area contributed by atoms with Crippen molar-refractivity contribution in [2.24, 2.45) is 0 Å².